The van der Waals surface area contributed by atoms with E-state index in [4.69, 9.17) is 4.98 Å². The number of hydrogen-bond acceptors (Lipinski definition) is 5. The van der Waals surface area contributed by atoms with E-state index in [1.54, 1.807) is 18.4 Å². The van der Waals surface area contributed by atoms with Crippen LogP contribution < -0.4 is 15.5 Å². The molecule has 1 fully saturated rings. The highest BCUT2D eigenvalue weighted by atomic mass is 127. The number of para-hydroxylation sites is 1. The molecule has 0 unspecified atom stereocenters. The summed E-state index contributed by atoms with van der Waals surface area (Å²) in [6.45, 7) is 3.80. The van der Waals surface area contributed by atoms with Crippen LogP contribution in [0.25, 0.3) is 10.9 Å². The summed E-state index contributed by atoms with van der Waals surface area (Å²) < 4.78 is 0. The molecule has 0 atom stereocenters. The largest absolute Gasteiger partial charge is 0.356 e. The van der Waals surface area contributed by atoms with Crippen molar-refractivity contribution in [3.8, 4) is 0 Å². The molecule has 0 radical (unpaired) electrons. The van der Waals surface area contributed by atoms with E-state index in [-0.39, 0.29) is 24.0 Å². The van der Waals surface area contributed by atoms with Crippen LogP contribution in [0.4, 0.5) is 5.13 Å². The van der Waals surface area contributed by atoms with Gasteiger partial charge in [0.2, 0.25) is 0 Å². The monoisotopic (exact) mass is 522 g/mol. The van der Waals surface area contributed by atoms with Crippen molar-refractivity contribution in [2.45, 2.75) is 25.8 Å². The zero-order chi connectivity index (χ0) is 19.2. The second kappa shape index (κ2) is 10.7. The van der Waals surface area contributed by atoms with Crippen molar-refractivity contribution in [1.29, 1.82) is 0 Å². The van der Waals surface area contributed by atoms with Gasteiger partial charge >= 0.3 is 0 Å². The maximum atomic E-state index is 4.78. The lowest BCUT2D eigenvalue weighted by Crippen LogP contribution is -2.37. The molecule has 0 spiro atoms. The summed E-state index contributed by atoms with van der Waals surface area (Å²) in [5, 5.41) is 11.3. The number of pyridine rings is 1. The molecule has 8 heteroatoms. The maximum absolute atomic E-state index is 4.78. The molecule has 1 aliphatic rings. The Morgan fingerprint density at radius 2 is 2.00 bits per heavy atom. The first-order chi connectivity index (χ1) is 13.8. The lowest BCUT2D eigenvalue weighted by atomic mass is 10.1. The number of benzene rings is 1. The second-order valence-electron chi connectivity index (χ2n) is 6.91. The third-order valence-corrected chi connectivity index (χ3v) is 5.95. The molecule has 6 nitrogen and oxygen atoms in total. The molecule has 2 N–H and O–H groups in total. The fourth-order valence-corrected chi connectivity index (χ4v) is 4.40. The molecule has 3 heterocycles. The van der Waals surface area contributed by atoms with Crippen LogP contribution in [0, 0.1) is 0 Å². The van der Waals surface area contributed by atoms with Crippen molar-refractivity contribution in [2.24, 2.45) is 4.99 Å². The molecule has 154 valence electrons. The standard InChI is InChI=1S/C21H26N6S.HI/c1-22-20(25-14-16-8-10-23-19-7-3-2-6-18(16)19)24-11-9-17-15-28-21(26-17)27-12-4-5-13-27;/h2-3,6-8,10,15H,4-5,9,11-14H2,1H3,(H2,22,24,25);1H. The molecule has 4 rings (SSSR count). The predicted molar refractivity (Wildman–Crippen MR) is 133 cm³/mol. The maximum Gasteiger partial charge on any atom is 0.191 e. The van der Waals surface area contributed by atoms with Gasteiger partial charge in [-0.05, 0) is 30.5 Å². The van der Waals surface area contributed by atoms with Crippen LogP contribution in [0.3, 0.4) is 0 Å². The van der Waals surface area contributed by atoms with E-state index < -0.39 is 0 Å². The Morgan fingerprint density at radius 1 is 1.17 bits per heavy atom. The lowest BCUT2D eigenvalue weighted by Gasteiger charge is -2.13. The number of thiazole rings is 1. The molecule has 1 saturated heterocycles. The molecule has 0 saturated carbocycles. The van der Waals surface area contributed by atoms with Crippen LogP contribution in [0.1, 0.15) is 24.1 Å². The summed E-state index contributed by atoms with van der Waals surface area (Å²) in [6, 6.07) is 10.3. The van der Waals surface area contributed by atoms with Crippen molar-refractivity contribution in [3.63, 3.8) is 0 Å². The quantitative estimate of drug-likeness (QED) is 0.293. The topological polar surface area (TPSA) is 65.4 Å². The molecule has 0 aliphatic carbocycles. The van der Waals surface area contributed by atoms with Crippen molar-refractivity contribution in [2.75, 3.05) is 31.6 Å². The van der Waals surface area contributed by atoms with Gasteiger partial charge in [0.15, 0.2) is 11.1 Å². The van der Waals surface area contributed by atoms with Crippen LogP contribution in [0.5, 0.6) is 0 Å². The molecule has 1 aromatic carbocycles. The minimum absolute atomic E-state index is 0. The van der Waals surface area contributed by atoms with Crippen LogP contribution in [-0.2, 0) is 13.0 Å². The average Bonchev–Trinajstić information content (AvgIpc) is 3.42. The number of aliphatic imine (C=N–C) groups is 1. The molecule has 2 aromatic heterocycles. The van der Waals surface area contributed by atoms with Gasteiger partial charge in [0.1, 0.15) is 0 Å². The molecule has 1 aliphatic heterocycles. The third-order valence-electron chi connectivity index (χ3n) is 5.00. The first kappa shape index (κ1) is 21.8. The summed E-state index contributed by atoms with van der Waals surface area (Å²) in [6.07, 6.45) is 5.31. The Morgan fingerprint density at radius 3 is 2.83 bits per heavy atom. The summed E-state index contributed by atoms with van der Waals surface area (Å²) in [7, 11) is 1.80. The molecule has 0 amide bonds. The van der Waals surface area contributed by atoms with E-state index in [1.807, 2.05) is 24.4 Å². The molecule has 29 heavy (non-hydrogen) atoms. The van der Waals surface area contributed by atoms with Gasteiger partial charge in [0.05, 0.1) is 11.2 Å². The normalized spacial score (nSPS) is 14.1. The van der Waals surface area contributed by atoms with E-state index in [9.17, 15) is 0 Å². The SMILES string of the molecule is CN=C(NCCc1csc(N2CCCC2)n1)NCc1ccnc2ccccc12.I. The second-order valence-corrected chi connectivity index (χ2v) is 7.74. The number of fused-ring (bicyclic) bond motifs is 1. The van der Waals surface area contributed by atoms with Crippen LogP contribution in [-0.4, -0.2) is 42.6 Å². The Bertz CT molecular complexity index is 946. The molecular weight excluding hydrogens is 495 g/mol. The van der Waals surface area contributed by atoms with E-state index in [0.717, 1.165) is 43.2 Å². The van der Waals surface area contributed by atoms with Gasteiger partial charge < -0.3 is 15.5 Å². The summed E-state index contributed by atoms with van der Waals surface area (Å²) >= 11 is 1.76. The first-order valence-corrected chi connectivity index (χ1v) is 10.7. The fraction of sp³-hybridized carbons (Fsp3) is 0.381. The van der Waals surface area contributed by atoms with Crippen LogP contribution in [0.15, 0.2) is 46.9 Å². The summed E-state index contributed by atoms with van der Waals surface area (Å²) in [4.78, 5) is 15.9. The number of aromatic nitrogens is 2. The number of nitrogens with zero attached hydrogens (tertiary/aromatic N) is 4. The van der Waals surface area contributed by atoms with E-state index in [2.05, 4.69) is 43.0 Å². The van der Waals surface area contributed by atoms with Gasteiger partial charge in [0.25, 0.3) is 0 Å². The zero-order valence-electron chi connectivity index (χ0n) is 16.6. The number of anilines is 1. The number of hydrogen-bond donors (Lipinski definition) is 2. The fourth-order valence-electron chi connectivity index (χ4n) is 3.48. The van der Waals surface area contributed by atoms with E-state index >= 15 is 0 Å². The van der Waals surface area contributed by atoms with Gasteiger partial charge in [0, 0.05) is 56.6 Å². The molecule has 3 aromatic rings. The van der Waals surface area contributed by atoms with Gasteiger partial charge in [-0.15, -0.1) is 35.3 Å². The Labute approximate surface area is 192 Å². The van der Waals surface area contributed by atoms with Crippen LogP contribution >= 0.6 is 35.3 Å². The Hall–Kier alpha value is -1.94. The van der Waals surface area contributed by atoms with Gasteiger partial charge in [-0.1, -0.05) is 18.2 Å². The average molecular weight is 522 g/mol. The van der Waals surface area contributed by atoms with Gasteiger partial charge in [-0.2, -0.15) is 0 Å². The highest BCUT2D eigenvalue weighted by Gasteiger charge is 2.15. The number of guanidine groups is 1. The Balaban J connectivity index is 0.00000240. The van der Waals surface area contributed by atoms with E-state index in [0.29, 0.717) is 6.54 Å². The van der Waals surface area contributed by atoms with Crippen molar-refractivity contribution >= 4 is 57.3 Å². The van der Waals surface area contributed by atoms with Gasteiger partial charge in [-0.3, -0.25) is 9.98 Å². The van der Waals surface area contributed by atoms with Crippen molar-refractivity contribution < 1.29 is 0 Å². The Kier molecular flexibility index (Phi) is 8.05. The third kappa shape index (κ3) is 5.57. The summed E-state index contributed by atoms with van der Waals surface area (Å²) in [5.74, 6) is 0.802. The highest BCUT2D eigenvalue weighted by molar-refractivity contribution is 14.0. The van der Waals surface area contributed by atoms with Crippen LogP contribution in [0.2, 0.25) is 0 Å². The minimum atomic E-state index is 0. The first-order valence-electron chi connectivity index (χ1n) is 9.80. The zero-order valence-corrected chi connectivity index (χ0v) is 19.7. The highest BCUT2D eigenvalue weighted by Crippen LogP contribution is 2.24. The van der Waals surface area contributed by atoms with Crippen molar-refractivity contribution in [3.05, 3.63) is 53.2 Å². The molecular formula is C21H27IN6S. The minimum Gasteiger partial charge on any atom is -0.356 e. The predicted octanol–water partition coefficient (Wildman–Crippen LogP) is 3.82. The molecule has 0 bridgehead atoms. The smallest absolute Gasteiger partial charge is 0.191 e. The van der Waals surface area contributed by atoms with Crippen molar-refractivity contribution in [1.82, 2.24) is 20.6 Å². The lowest BCUT2D eigenvalue weighted by molar-refractivity contribution is 0.787. The van der Waals surface area contributed by atoms with Gasteiger partial charge in [-0.25, -0.2) is 4.98 Å². The summed E-state index contributed by atoms with van der Waals surface area (Å²) in [5.41, 5.74) is 3.38. The number of nitrogens with one attached hydrogen (secondary N) is 2. The van der Waals surface area contributed by atoms with E-state index in [1.165, 1.54) is 28.9 Å². The number of rotatable bonds is 6. The number of halogens is 1.